The summed E-state index contributed by atoms with van der Waals surface area (Å²) in [6.07, 6.45) is 3.18. The lowest BCUT2D eigenvalue weighted by Crippen LogP contribution is -2.51. The van der Waals surface area contributed by atoms with Crippen LogP contribution in [0.4, 0.5) is 5.69 Å². The van der Waals surface area contributed by atoms with Crippen molar-refractivity contribution in [3.8, 4) is 0 Å². The Hall–Kier alpha value is -3.97. The number of unbranched alkanes of at least 4 members (excludes halogenated alkanes) is 2. The van der Waals surface area contributed by atoms with E-state index in [1.807, 2.05) is 0 Å². The average Bonchev–Trinajstić information content (AvgIpc) is 3.44. The molecule has 13 heteroatoms. The molecule has 3 rings (SSSR count). The molecule has 1 heterocycles. The van der Waals surface area contributed by atoms with Gasteiger partial charge in [0.2, 0.25) is 21.8 Å². The molecule has 2 aromatic rings. The number of aliphatic carboxylic acids is 1. The van der Waals surface area contributed by atoms with E-state index in [4.69, 9.17) is 11.1 Å². The summed E-state index contributed by atoms with van der Waals surface area (Å²) in [7, 11) is -3.91. The highest BCUT2D eigenvalue weighted by Crippen LogP contribution is 2.26. The standard InChI is InChI=1S/C28H38N6O6S/c1-20(35)33(17-7-3-6-16-31-28(29)30)22-14-12-21(13-15-22)19-24(27(37)38)32-26(36)25-11-8-18-34(25)41(39,40)23-9-4-2-5-10-23/h2,4-5,9-10,12-15,24-25H,3,6-8,11,16-19H2,1H3,(H,32,36)(H,37,38)(H4,29,30,31)/t24-,25-/m0/s1. The summed E-state index contributed by atoms with van der Waals surface area (Å²) in [5.41, 5.74) is 6.58. The molecule has 1 aliphatic heterocycles. The molecule has 0 radical (unpaired) electrons. The number of anilines is 1. The predicted molar refractivity (Wildman–Crippen MR) is 155 cm³/mol. The van der Waals surface area contributed by atoms with Crippen molar-refractivity contribution in [2.45, 2.75) is 62.4 Å². The highest BCUT2D eigenvalue weighted by Gasteiger charge is 2.40. The molecule has 2 amide bonds. The predicted octanol–water partition coefficient (Wildman–Crippen LogP) is 1.66. The van der Waals surface area contributed by atoms with Crippen LogP contribution in [0.3, 0.4) is 0 Å². The number of nitrogens with zero attached hydrogens (tertiary/aromatic N) is 2. The van der Waals surface area contributed by atoms with Crippen LogP contribution >= 0.6 is 0 Å². The van der Waals surface area contributed by atoms with E-state index in [1.165, 1.54) is 19.1 Å². The zero-order chi connectivity index (χ0) is 30.0. The van der Waals surface area contributed by atoms with Crippen molar-refractivity contribution in [1.29, 1.82) is 5.41 Å². The number of carboxylic acids is 1. The number of hydrogen-bond acceptors (Lipinski definition) is 6. The minimum Gasteiger partial charge on any atom is -0.480 e. The van der Waals surface area contributed by atoms with Crippen LogP contribution in [0.2, 0.25) is 0 Å². The van der Waals surface area contributed by atoms with Gasteiger partial charge in [0.05, 0.1) is 4.90 Å². The van der Waals surface area contributed by atoms with Crippen LogP contribution in [0.1, 0.15) is 44.6 Å². The van der Waals surface area contributed by atoms with Crippen molar-refractivity contribution in [1.82, 2.24) is 14.9 Å². The first kappa shape index (κ1) is 31.6. The lowest BCUT2D eigenvalue weighted by Gasteiger charge is -2.25. The lowest BCUT2D eigenvalue weighted by molar-refractivity contribution is -0.142. The summed E-state index contributed by atoms with van der Waals surface area (Å²) in [6, 6.07) is 12.5. The van der Waals surface area contributed by atoms with E-state index in [-0.39, 0.29) is 29.7 Å². The highest BCUT2D eigenvalue weighted by atomic mass is 32.2. The molecule has 0 bridgehead atoms. The number of hydrogen-bond donors (Lipinski definition) is 5. The number of rotatable bonds is 14. The normalized spacial score (nSPS) is 16.1. The summed E-state index contributed by atoms with van der Waals surface area (Å²) in [5, 5.41) is 22.3. The van der Waals surface area contributed by atoms with Gasteiger partial charge in [-0.2, -0.15) is 4.31 Å². The number of carboxylic acid groups (broad SMARTS) is 1. The van der Waals surface area contributed by atoms with E-state index in [0.717, 1.165) is 23.6 Å². The van der Waals surface area contributed by atoms with Crippen LogP contribution in [0, 0.1) is 5.41 Å². The van der Waals surface area contributed by atoms with Crippen molar-refractivity contribution in [3.63, 3.8) is 0 Å². The first-order valence-corrected chi connectivity index (χ1v) is 15.0. The molecule has 1 saturated heterocycles. The fraction of sp³-hybridized carbons (Fsp3) is 0.429. The monoisotopic (exact) mass is 586 g/mol. The molecule has 0 spiro atoms. The zero-order valence-electron chi connectivity index (χ0n) is 23.1. The number of benzene rings is 2. The lowest BCUT2D eigenvalue weighted by atomic mass is 10.0. The minimum absolute atomic E-state index is 0.0112. The molecular weight excluding hydrogens is 548 g/mol. The topological polar surface area (TPSA) is 186 Å². The van der Waals surface area contributed by atoms with E-state index in [0.29, 0.717) is 37.2 Å². The maximum atomic E-state index is 13.1. The molecule has 0 aliphatic carbocycles. The number of nitrogens with one attached hydrogen (secondary N) is 3. The molecule has 0 saturated carbocycles. The smallest absolute Gasteiger partial charge is 0.326 e. The molecule has 6 N–H and O–H groups in total. The second-order valence-corrected chi connectivity index (χ2v) is 11.8. The van der Waals surface area contributed by atoms with Gasteiger partial charge in [0.15, 0.2) is 5.96 Å². The number of amides is 2. The third-order valence-electron chi connectivity index (χ3n) is 6.91. The van der Waals surface area contributed by atoms with Crippen molar-refractivity contribution >= 4 is 39.5 Å². The number of nitrogens with two attached hydrogens (primary N) is 1. The Kier molecular flexibility index (Phi) is 11.2. The average molecular weight is 587 g/mol. The summed E-state index contributed by atoms with van der Waals surface area (Å²) < 4.78 is 27.4. The second-order valence-electron chi connectivity index (χ2n) is 9.93. The Balaban J connectivity index is 1.61. The first-order chi connectivity index (χ1) is 19.5. The molecule has 0 unspecified atom stereocenters. The van der Waals surface area contributed by atoms with Crippen LogP contribution < -0.4 is 21.3 Å². The van der Waals surface area contributed by atoms with Crippen LogP contribution in [0.25, 0.3) is 0 Å². The second kappa shape index (κ2) is 14.6. The largest absolute Gasteiger partial charge is 0.480 e. The fourth-order valence-corrected chi connectivity index (χ4v) is 6.47. The van der Waals surface area contributed by atoms with E-state index in [1.54, 1.807) is 47.4 Å². The third-order valence-corrected chi connectivity index (χ3v) is 8.84. The van der Waals surface area contributed by atoms with Gasteiger partial charge in [-0.25, -0.2) is 13.2 Å². The quantitative estimate of drug-likeness (QED) is 0.126. The molecular formula is C28H38N6O6S. The molecule has 1 fully saturated rings. The first-order valence-electron chi connectivity index (χ1n) is 13.6. The molecule has 1 aliphatic rings. The van der Waals surface area contributed by atoms with E-state index in [2.05, 4.69) is 10.6 Å². The summed E-state index contributed by atoms with van der Waals surface area (Å²) in [6.45, 7) is 2.75. The number of carbonyl (C=O) groups is 3. The third kappa shape index (κ3) is 8.76. The minimum atomic E-state index is -3.91. The van der Waals surface area contributed by atoms with Crippen molar-refractivity contribution in [2.75, 3.05) is 24.5 Å². The van der Waals surface area contributed by atoms with Crippen molar-refractivity contribution in [3.05, 3.63) is 60.2 Å². The van der Waals surface area contributed by atoms with E-state index >= 15 is 0 Å². The molecule has 41 heavy (non-hydrogen) atoms. The molecule has 2 aromatic carbocycles. The van der Waals surface area contributed by atoms with Crippen LogP contribution in [0.15, 0.2) is 59.5 Å². The van der Waals surface area contributed by atoms with E-state index in [9.17, 15) is 27.9 Å². The van der Waals surface area contributed by atoms with Gasteiger partial charge in [0, 0.05) is 38.7 Å². The van der Waals surface area contributed by atoms with Gasteiger partial charge in [0.1, 0.15) is 12.1 Å². The Morgan fingerprint density at radius 2 is 1.78 bits per heavy atom. The van der Waals surface area contributed by atoms with Gasteiger partial charge in [-0.05, 0) is 61.9 Å². The van der Waals surface area contributed by atoms with Crippen LogP contribution in [0.5, 0.6) is 0 Å². The van der Waals surface area contributed by atoms with Gasteiger partial charge in [0.25, 0.3) is 0 Å². The van der Waals surface area contributed by atoms with Crippen LogP contribution in [-0.2, 0) is 30.8 Å². The van der Waals surface area contributed by atoms with Crippen molar-refractivity contribution in [2.24, 2.45) is 5.73 Å². The van der Waals surface area contributed by atoms with Gasteiger partial charge >= 0.3 is 5.97 Å². The zero-order valence-corrected chi connectivity index (χ0v) is 23.9. The summed E-state index contributed by atoms with van der Waals surface area (Å²) in [4.78, 5) is 39.1. The summed E-state index contributed by atoms with van der Waals surface area (Å²) in [5.74, 6) is -2.08. The van der Waals surface area contributed by atoms with Gasteiger partial charge in [-0.1, -0.05) is 30.3 Å². The van der Waals surface area contributed by atoms with Gasteiger partial charge in [-0.15, -0.1) is 0 Å². The number of guanidine groups is 1. The molecule has 2 atom stereocenters. The number of carbonyl (C=O) groups excluding carboxylic acids is 2. The van der Waals surface area contributed by atoms with Crippen molar-refractivity contribution < 1.29 is 27.9 Å². The highest BCUT2D eigenvalue weighted by molar-refractivity contribution is 7.89. The Morgan fingerprint density at radius 3 is 2.39 bits per heavy atom. The van der Waals surface area contributed by atoms with Gasteiger partial charge < -0.3 is 26.4 Å². The SMILES string of the molecule is CC(=O)N(CCCCCNC(=N)N)c1ccc(C[C@H](NC(=O)[C@@H]2CCCN2S(=O)(=O)c2ccccc2)C(=O)O)cc1. The Labute approximate surface area is 240 Å². The van der Waals surface area contributed by atoms with E-state index < -0.39 is 34.0 Å². The molecule has 0 aromatic heterocycles. The molecule has 222 valence electrons. The fourth-order valence-electron chi connectivity index (χ4n) is 4.80. The maximum Gasteiger partial charge on any atom is 0.326 e. The summed E-state index contributed by atoms with van der Waals surface area (Å²) >= 11 is 0. The Bertz CT molecular complexity index is 1320. The van der Waals surface area contributed by atoms with Crippen LogP contribution in [-0.4, -0.2) is 73.3 Å². The van der Waals surface area contributed by atoms with Gasteiger partial charge in [-0.3, -0.25) is 15.0 Å². The Morgan fingerprint density at radius 1 is 1.10 bits per heavy atom. The maximum absolute atomic E-state index is 13.1. The molecule has 12 nitrogen and oxygen atoms in total. The number of sulfonamides is 1.